The van der Waals surface area contributed by atoms with E-state index in [4.69, 9.17) is 14.2 Å². The molecule has 0 spiro atoms. The van der Waals surface area contributed by atoms with Gasteiger partial charge in [0.1, 0.15) is 11.9 Å². The molecule has 0 amide bonds. The van der Waals surface area contributed by atoms with Crippen LogP contribution in [0.15, 0.2) is 30.0 Å². The Balaban J connectivity index is 1.86. The average Bonchev–Trinajstić information content (AvgIpc) is 2.86. The number of aliphatic hydroxyl groups is 1. The Morgan fingerprint density at radius 3 is 2.82 bits per heavy atom. The van der Waals surface area contributed by atoms with E-state index in [9.17, 15) is 5.11 Å². The molecule has 4 nitrogen and oxygen atoms in total. The van der Waals surface area contributed by atoms with Crippen molar-refractivity contribution in [1.29, 1.82) is 0 Å². The van der Waals surface area contributed by atoms with Gasteiger partial charge in [0.15, 0.2) is 11.5 Å². The van der Waals surface area contributed by atoms with Crippen molar-refractivity contribution in [3.8, 4) is 11.5 Å². The highest BCUT2D eigenvalue weighted by molar-refractivity contribution is 5.45. The third-order valence-electron chi connectivity index (χ3n) is 2.94. The zero-order valence-corrected chi connectivity index (χ0v) is 9.39. The number of benzene rings is 1. The van der Waals surface area contributed by atoms with Gasteiger partial charge < -0.3 is 19.3 Å². The van der Waals surface area contributed by atoms with Gasteiger partial charge in [0.05, 0.1) is 6.61 Å². The van der Waals surface area contributed by atoms with Gasteiger partial charge in [-0.15, -0.1) is 0 Å². The minimum Gasteiger partial charge on any atom is -0.495 e. The van der Waals surface area contributed by atoms with E-state index in [0.29, 0.717) is 18.1 Å². The summed E-state index contributed by atoms with van der Waals surface area (Å²) in [5, 5.41) is 10.2. The fourth-order valence-electron chi connectivity index (χ4n) is 2.01. The van der Waals surface area contributed by atoms with Crippen LogP contribution in [0, 0.1) is 0 Å². The van der Waals surface area contributed by atoms with Crippen LogP contribution in [0.4, 0.5) is 0 Å². The lowest BCUT2D eigenvalue weighted by Crippen LogP contribution is -2.09. The number of fused-ring (bicyclic) bond motifs is 1. The van der Waals surface area contributed by atoms with E-state index >= 15 is 0 Å². The molecule has 0 fully saturated rings. The van der Waals surface area contributed by atoms with Gasteiger partial charge in [-0.25, -0.2) is 0 Å². The first kappa shape index (κ1) is 10.5. The van der Waals surface area contributed by atoms with Gasteiger partial charge in [-0.3, -0.25) is 0 Å². The van der Waals surface area contributed by atoms with Crippen molar-refractivity contribution >= 4 is 0 Å². The predicted molar refractivity (Wildman–Crippen MR) is 60.8 cm³/mol. The van der Waals surface area contributed by atoms with E-state index in [0.717, 1.165) is 24.2 Å². The number of allylic oxidation sites excluding steroid dienone is 1. The minimum atomic E-state index is -0.718. The lowest BCUT2D eigenvalue weighted by Gasteiger charge is -2.20. The maximum absolute atomic E-state index is 10.2. The number of hydrogen-bond acceptors (Lipinski definition) is 4. The topological polar surface area (TPSA) is 47.9 Å². The predicted octanol–water partition coefficient (Wildman–Crippen LogP) is 2.14. The van der Waals surface area contributed by atoms with Crippen molar-refractivity contribution in [1.82, 2.24) is 0 Å². The molecule has 0 saturated carbocycles. The maximum Gasteiger partial charge on any atom is 0.231 e. The van der Waals surface area contributed by atoms with Crippen molar-refractivity contribution in [3.63, 3.8) is 0 Å². The summed E-state index contributed by atoms with van der Waals surface area (Å²) in [6.07, 6.45) is 3.19. The monoisotopic (exact) mass is 234 g/mol. The standard InChI is InChI=1S/C13H14O4/c14-13(11-3-1-2-6-15-11)9-4-5-10-12(7-9)17-8-16-10/h3-5,7,13-14H,1-2,6,8H2. The van der Waals surface area contributed by atoms with Gasteiger partial charge in [-0.2, -0.15) is 0 Å². The molecule has 4 heteroatoms. The molecule has 1 unspecified atom stereocenters. The fraction of sp³-hybridized carbons (Fsp3) is 0.385. The normalized spacial score (nSPS) is 19.5. The molecular weight excluding hydrogens is 220 g/mol. The summed E-state index contributed by atoms with van der Waals surface area (Å²) >= 11 is 0. The van der Waals surface area contributed by atoms with Gasteiger partial charge in [-0.05, 0) is 36.6 Å². The van der Waals surface area contributed by atoms with Crippen molar-refractivity contribution in [3.05, 3.63) is 35.6 Å². The molecule has 1 atom stereocenters. The summed E-state index contributed by atoms with van der Waals surface area (Å²) in [6.45, 7) is 0.918. The Bertz CT molecular complexity index is 453. The summed E-state index contributed by atoms with van der Waals surface area (Å²) < 4.78 is 16.0. The molecule has 0 saturated heterocycles. The zero-order chi connectivity index (χ0) is 11.7. The lowest BCUT2D eigenvalue weighted by atomic mass is 10.0. The summed E-state index contributed by atoms with van der Waals surface area (Å²) in [5.41, 5.74) is 0.766. The lowest BCUT2D eigenvalue weighted by molar-refractivity contribution is 0.0916. The second-order valence-corrected chi connectivity index (χ2v) is 4.11. The van der Waals surface area contributed by atoms with E-state index in [1.54, 1.807) is 6.07 Å². The Hall–Kier alpha value is -1.68. The molecule has 0 aromatic heterocycles. The van der Waals surface area contributed by atoms with Crippen LogP contribution in [0.2, 0.25) is 0 Å². The molecule has 2 aliphatic heterocycles. The summed E-state index contributed by atoms with van der Waals surface area (Å²) in [4.78, 5) is 0. The van der Waals surface area contributed by atoms with Crippen LogP contribution < -0.4 is 9.47 Å². The quantitative estimate of drug-likeness (QED) is 0.851. The first-order valence-corrected chi connectivity index (χ1v) is 5.75. The number of hydrogen-bond donors (Lipinski definition) is 1. The molecule has 0 aliphatic carbocycles. The smallest absolute Gasteiger partial charge is 0.231 e. The van der Waals surface area contributed by atoms with Gasteiger partial charge in [0.2, 0.25) is 6.79 Å². The highest BCUT2D eigenvalue weighted by Crippen LogP contribution is 2.36. The van der Waals surface area contributed by atoms with Gasteiger partial charge >= 0.3 is 0 Å². The van der Waals surface area contributed by atoms with E-state index in [-0.39, 0.29) is 6.79 Å². The van der Waals surface area contributed by atoms with Crippen LogP contribution in [0.5, 0.6) is 11.5 Å². The Kier molecular flexibility index (Phi) is 2.65. The van der Waals surface area contributed by atoms with Crippen LogP contribution in [-0.2, 0) is 4.74 Å². The van der Waals surface area contributed by atoms with Gasteiger partial charge in [0.25, 0.3) is 0 Å². The molecular formula is C13H14O4. The molecule has 0 radical (unpaired) electrons. The Labute approximate surface area is 99.4 Å². The summed E-state index contributed by atoms with van der Waals surface area (Å²) in [6, 6.07) is 5.44. The fourth-order valence-corrected chi connectivity index (χ4v) is 2.01. The molecule has 2 heterocycles. The highest BCUT2D eigenvalue weighted by atomic mass is 16.7. The largest absolute Gasteiger partial charge is 0.495 e. The van der Waals surface area contributed by atoms with E-state index in [1.165, 1.54) is 0 Å². The number of aliphatic hydroxyl groups excluding tert-OH is 1. The molecule has 1 aromatic rings. The van der Waals surface area contributed by atoms with E-state index in [1.807, 2.05) is 18.2 Å². The molecule has 17 heavy (non-hydrogen) atoms. The van der Waals surface area contributed by atoms with Crippen LogP contribution in [-0.4, -0.2) is 18.5 Å². The third-order valence-corrected chi connectivity index (χ3v) is 2.94. The van der Waals surface area contributed by atoms with Crippen molar-refractivity contribution in [2.45, 2.75) is 18.9 Å². The third kappa shape index (κ3) is 1.96. The van der Waals surface area contributed by atoms with Crippen LogP contribution >= 0.6 is 0 Å². The van der Waals surface area contributed by atoms with Crippen molar-refractivity contribution < 1.29 is 19.3 Å². The summed E-state index contributed by atoms with van der Waals surface area (Å²) in [5.74, 6) is 2.03. The Morgan fingerprint density at radius 2 is 2.00 bits per heavy atom. The highest BCUT2D eigenvalue weighted by Gasteiger charge is 2.20. The molecule has 1 N–H and O–H groups in total. The van der Waals surface area contributed by atoms with Crippen LogP contribution in [0.25, 0.3) is 0 Å². The summed E-state index contributed by atoms with van der Waals surface area (Å²) in [7, 11) is 0. The molecule has 90 valence electrons. The van der Waals surface area contributed by atoms with E-state index < -0.39 is 6.10 Å². The van der Waals surface area contributed by atoms with Crippen LogP contribution in [0.3, 0.4) is 0 Å². The minimum absolute atomic E-state index is 0.244. The first-order valence-electron chi connectivity index (χ1n) is 5.75. The zero-order valence-electron chi connectivity index (χ0n) is 9.39. The number of rotatable bonds is 2. The average molecular weight is 234 g/mol. The van der Waals surface area contributed by atoms with Gasteiger partial charge in [0, 0.05) is 0 Å². The maximum atomic E-state index is 10.2. The first-order chi connectivity index (χ1) is 8.34. The second kappa shape index (κ2) is 4.30. The molecule has 0 bridgehead atoms. The molecule has 3 rings (SSSR count). The van der Waals surface area contributed by atoms with Crippen molar-refractivity contribution in [2.24, 2.45) is 0 Å². The molecule has 2 aliphatic rings. The second-order valence-electron chi connectivity index (χ2n) is 4.11. The number of ether oxygens (including phenoxy) is 3. The molecule has 1 aromatic carbocycles. The van der Waals surface area contributed by atoms with Crippen LogP contribution in [0.1, 0.15) is 24.5 Å². The SMILES string of the molecule is OC(C1=CCCCO1)c1ccc2c(c1)OCO2. The van der Waals surface area contributed by atoms with Crippen molar-refractivity contribution in [2.75, 3.05) is 13.4 Å². The Morgan fingerprint density at radius 1 is 1.12 bits per heavy atom. The van der Waals surface area contributed by atoms with Gasteiger partial charge in [-0.1, -0.05) is 6.07 Å². The van der Waals surface area contributed by atoms with E-state index in [2.05, 4.69) is 0 Å².